The Morgan fingerprint density at radius 3 is 2.00 bits per heavy atom. The van der Waals surface area contributed by atoms with Crippen molar-refractivity contribution in [3.8, 4) is 0 Å². The molecule has 0 amide bonds. The number of aliphatic hydroxyl groups is 1. The van der Waals surface area contributed by atoms with E-state index in [0.29, 0.717) is 0 Å². The van der Waals surface area contributed by atoms with E-state index in [1.54, 1.807) is 0 Å². The molecule has 0 fully saturated rings. The molecule has 0 aromatic carbocycles. The molecule has 0 saturated heterocycles. The van der Waals surface area contributed by atoms with Gasteiger partial charge in [-0.2, -0.15) is 0 Å². The average molecular weight is 85.0 g/mol. The van der Waals surface area contributed by atoms with E-state index in [9.17, 15) is 4.39 Å². The van der Waals surface area contributed by atoms with Crippen LogP contribution in [0.2, 0.25) is 0 Å². The zero-order valence-electron chi connectivity index (χ0n) is 4.11. The fraction of sp³-hybridized carbons (Fsp3) is 1.00. The van der Waals surface area contributed by atoms with Crippen molar-refractivity contribution >= 4 is 18.9 Å². The quantitative estimate of drug-likeness (QED) is 0.443. The maximum absolute atomic E-state index is 10.9. The molecule has 0 aliphatic carbocycles. The second kappa shape index (κ2) is 5.49. The molecule has 0 aromatic rings. The van der Waals surface area contributed by atoms with Crippen LogP contribution >= 0.6 is 0 Å². The summed E-state index contributed by atoms with van der Waals surface area (Å²) in [6.45, 7) is 0.764. The number of rotatable bonds is 1. The summed E-state index contributed by atoms with van der Waals surface area (Å²) < 4.78 is 10.9. The van der Waals surface area contributed by atoms with Gasteiger partial charge in [-0.1, -0.05) is 0 Å². The third-order valence-electron chi connectivity index (χ3n) is 0.223. The number of alkyl halides is 1. The van der Waals surface area contributed by atoms with Crippen molar-refractivity contribution in [3.05, 3.63) is 0 Å². The summed E-state index contributed by atoms with van der Waals surface area (Å²) in [6, 6.07) is 0. The Morgan fingerprint density at radius 2 is 2.00 bits per heavy atom. The summed E-state index contributed by atoms with van der Waals surface area (Å²) >= 11 is 0. The molecular weight excluding hydrogens is 78.0 g/mol. The van der Waals surface area contributed by atoms with Crippen LogP contribution in [0, 0.1) is 0 Å². The normalized spacial score (nSPS) is 12.5. The Morgan fingerprint density at radius 1 is 1.83 bits per heavy atom. The summed E-state index contributed by atoms with van der Waals surface area (Å²) in [5.41, 5.74) is 0. The monoisotopic (exact) mass is 85.1 g/mol. The third kappa shape index (κ3) is 8.82. The molecule has 0 aliphatic heterocycles. The number of hydrogen-bond donors (Lipinski definition) is 1. The number of hydrogen-bond acceptors (Lipinski definition) is 1. The molecule has 1 N–H and O–H groups in total. The van der Waals surface area contributed by atoms with Gasteiger partial charge in [-0.3, -0.25) is 0 Å². The summed E-state index contributed by atoms with van der Waals surface area (Å²) in [5.74, 6) is 0. The molecule has 0 aromatic heterocycles. The molecule has 3 heteroatoms. The van der Waals surface area contributed by atoms with E-state index >= 15 is 0 Å². The fourth-order valence-corrected chi connectivity index (χ4v) is 0. The van der Waals surface area contributed by atoms with E-state index in [0.717, 1.165) is 0 Å². The molecule has 0 spiro atoms. The van der Waals surface area contributed by atoms with Gasteiger partial charge < -0.3 is 5.11 Å². The molecule has 0 aliphatic rings. The SMILES string of the molecule is CC(O)CF.[Li]. The Hall–Kier alpha value is 0.487. The van der Waals surface area contributed by atoms with Crippen LogP contribution in [0.25, 0.3) is 0 Å². The summed E-state index contributed by atoms with van der Waals surface area (Å²) in [5, 5.41) is 7.99. The van der Waals surface area contributed by atoms with Gasteiger partial charge in [-0.15, -0.1) is 0 Å². The van der Waals surface area contributed by atoms with Crippen LogP contribution in [0.4, 0.5) is 4.39 Å². The van der Waals surface area contributed by atoms with Crippen molar-refractivity contribution < 1.29 is 9.50 Å². The Kier molecular flexibility index (Phi) is 8.87. The predicted octanol–water partition coefficient (Wildman–Crippen LogP) is -0.0441. The van der Waals surface area contributed by atoms with Crippen LogP contribution in [0.15, 0.2) is 0 Å². The van der Waals surface area contributed by atoms with Gasteiger partial charge in [-0.25, -0.2) is 4.39 Å². The fourth-order valence-electron chi connectivity index (χ4n) is 0. The van der Waals surface area contributed by atoms with Gasteiger partial charge in [0.05, 0.1) is 6.10 Å². The predicted molar refractivity (Wildman–Crippen MR) is 23.4 cm³/mol. The largest absolute Gasteiger partial charge is 0.391 e. The van der Waals surface area contributed by atoms with Crippen molar-refractivity contribution in [3.63, 3.8) is 0 Å². The third-order valence-corrected chi connectivity index (χ3v) is 0.223. The van der Waals surface area contributed by atoms with Crippen LogP contribution in [0.3, 0.4) is 0 Å². The van der Waals surface area contributed by atoms with E-state index < -0.39 is 12.8 Å². The number of aliphatic hydroxyl groups excluding tert-OH is 1. The first-order valence-corrected chi connectivity index (χ1v) is 1.51. The first kappa shape index (κ1) is 9.70. The van der Waals surface area contributed by atoms with E-state index in [2.05, 4.69) is 0 Å². The number of halogens is 1. The molecule has 33 valence electrons. The molecule has 1 radical (unpaired) electrons. The second-order valence-corrected chi connectivity index (χ2v) is 1.00. The molecule has 1 nitrogen and oxygen atoms in total. The molecule has 0 saturated carbocycles. The van der Waals surface area contributed by atoms with Gasteiger partial charge in [0, 0.05) is 18.9 Å². The van der Waals surface area contributed by atoms with Crippen molar-refractivity contribution in [2.75, 3.05) is 6.67 Å². The maximum atomic E-state index is 10.9. The first-order chi connectivity index (χ1) is 2.27. The van der Waals surface area contributed by atoms with Gasteiger partial charge in [0.25, 0.3) is 0 Å². The van der Waals surface area contributed by atoms with E-state index in [-0.39, 0.29) is 18.9 Å². The zero-order valence-corrected chi connectivity index (χ0v) is 4.11. The van der Waals surface area contributed by atoms with Gasteiger partial charge in [0.1, 0.15) is 6.67 Å². The van der Waals surface area contributed by atoms with Crippen molar-refractivity contribution in [1.82, 2.24) is 0 Å². The van der Waals surface area contributed by atoms with Crippen LogP contribution in [-0.2, 0) is 0 Å². The molecule has 1 unspecified atom stereocenters. The minimum atomic E-state index is -0.782. The van der Waals surface area contributed by atoms with Gasteiger partial charge >= 0.3 is 0 Å². The summed E-state index contributed by atoms with van der Waals surface area (Å²) in [4.78, 5) is 0. The first-order valence-electron chi connectivity index (χ1n) is 1.51. The van der Waals surface area contributed by atoms with Crippen LogP contribution in [-0.4, -0.2) is 36.7 Å². The smallest absolute Gasteiger partial charge is 0.115 e. The molecule has 0 heterocycles. The molecule has 0 rings (SSSR count). The molecular formula is C3H7FLiO. The summed E-state index contributed by atoms with van der Waals surface area (Å²) in [7, 11) is 0. The standard InChI is InChI=1S/C3H7FO.Li/c1-3(5)2-4;/h3,5H,2H2,1H3;. The maximum Gasteiger partial charge on any atom is 0.115 e. The molecule has 0 bridgehead atoms. The van der Waals surface area contributed by atoms with Crippen molar-refractivity contribution in [2.45, 2.75) is 13.0 Å². The van der Waals surface area contributed by atoms with Gasteiger partial charge in [0.15, 0.2) is 0 Å². The van der Waals surface area contributed by atoms with Crippen LogP contribution in [0.1, 0.15) is 6.92 Å². The average Bonchev–Trinajstić information content (AvgIpc) is 1.38. The Balaban J connectivity index is 0. The topological polar surface area (TPSA) is 20.2 Å². The van der Waals surface area contributed by atoms with Gasteiger partial charge in [0.2, 0.25) is 0 Å². The minimum Gasteiger partial charge on any atom is -0.391 e. The Bertz CT molecular complexity index is 24.8. The van der Waals surface area contributed by atoms with Crippen molar-refractivity contribution in [1.29, 1.82) is 0 Å². The molecule has 1 atom stereocenters. The van der Waals surface area contributed by atoms with Crippen molar-refractivity contribution in [2.24, 2.45) is 0 Å². The zero-order chi connectivity index (χ0) is 4.28. The second-order valence-electron chi connectivity index (χ2n) is 1.00. The van der Waals surface area contributed by atoms with E-state index in [1.807, 2.05) is 0 Å². The van der Waals surface area contributed by atoms with E-state index in [4.69, 9.17) is 5.11 Å². The van der Waals surface area contributed by atoms with Crippen LogP contribution < -0.4 is 0 Å². The van der Waals surface area contributed by atoms with Crippen LogP contribution in [0.5, 0.6) is 0 Å². The molecule has 6 heavy (non-hydrogen) atoms. The van der Waals surface area contributed by atoms with E-state index in [1.165, 1.54) is 6.92 Å². The minimum absolute atomic E-state index is 0. The summed E-state index contributed by atoms with van der Waals surface area (Å²) in [6.07, 6.45) is -0.782. The Labute approximate surface area is 48.7 Å². The van der Waals surface area contributed by atoms with Gasteiger partial charge in [-0.05, 0) is 6.92 Å².